The fourth-order valence-corrected chi connectivity index (χ4v) is 2.22. The molecule has 0 fully saturated rings. The number of carbonyl (C=O) groups is 1. The summed E-state index contributed by atoms with van der Waals surface area (Å²) in [5.74, 6) is 1.10. The molecule has 4 nitrogen and oxygen atoms in total. The van der Waals surface area contributed by atoms with E-state index in [1.54, 1.807) is 6.07 Å². The van der Waals surface area contributed by atoms with Crippen LogP contribution in [0.15, 0.2) is 28.7 Å². The van der Waals surface area contributed by atoms with E-state index < -0.39 is 0 Å². The molecular weight excluding hydrogens is 298 g/mol. The van der Waals surface area contributed by atoms with Crippen LogP contribution in [-0.2, 0) is 0 Å². The maximum Gasteiger partial charge on any atom is 0.200 e. The number of hydrogen-bond donors (Lipinski definition) is 2. The van der Waals surface area contributed by atoms with Crippen molar-refractivity contribution in [1.82, 2.24) is 5.32 Å². The predicted molar refractivity (Wildman–Crippen MR) is 91.9 cm³/mol. The van der Waals surface area contributed by atoms with Gasteiger partial charge in [0, 0.05) is 23.2 Å². The number of ketones is 1. The summed E-state index contributed by atoms with van der Waals surface area (Å²) in [7, 11) is 0. The van der Waals surface area contributed by atoms with Crippen LogP contribution < -0.4 is 10.1 Å². The Morgan fingerprint density at radius 1 is 1.27 bits per heavy atom. The van der Waals surface area contributed by atoms with Crippen LogP contribution >= 0.6 is 12.6 Å². The molecule has 2 rings (SSSR count). The van der Waals surface area contributed by atoms with Gasteiger partial charge >= 0.3 is 0 Å². The largest absolute Gasteiger partial charge is 0.489 e. The number of ether oxygens (including phenoxy) is 1. The quantitative estimate of drug-likeness (QED) is 0.461. The number of benzene rings is 1. The SMILES string of the molecule is CC(S)NC[C@H](C)Oc1ccc2oc(C(=O)C(C)C)cc2c1. The van der Waals surface area contributed by atoms with E-state index in [2.05, 4.69) is 17.9 Å². The van der Waals surface area contributed by atoms with E-state index in [0.29, 0.717) is 17.9 Å². The van der Waals surface area contributed by atoms with Gasteiger partial charge in [-0.05, 0) is 38.1 Å². The van der Waals surface area contributed by atoms with Gasteiger partial charge in [-0.15, -0.1) is 0 Å². The number of nitrogens with one attached hydrogen (secondary N) is 1. The van der Waals surface area contributed by atoms with Gasteiger partial charge < -0.3 is 14.5 Å². The van der Waals surface area contributed by atoms with Crippen LogP contribution in [0.3, 0.4) is 0 Å². The first-order valence-corrected chi connectivity index (χ1v) is 8.04. The third-order valence-electron chi connectivity index (χ3n) is 3.29. The van der Waals surface area contributed by atoms with Gasteiger partial charge in [0.05, 0.1) is 0 Å². The van der Waals surface area contributed by atoms with Gasteiger partial charge in [-0.3, -0.25) is 4.79 Å². The summed E-state index contributed by atoms with van der Waals surface area (Å²) in [6, 6.07) is 7.37. The zero-order valence-electron chi connectivity index (χ0n) is 13.4. The van der Waals surface area contributed by atoms with Crippen molar-refractivity contribution in [2.24, 2.45) is 5.92 Å². The Morgan fingerprint density at radius 2 is 2.00 bits per heavy atom. The van der Waals surface area contributed by atoms with Crippen molar-refractivity contribution >= 4 is 29.4 Å². The predicted octanol–water partition coefficient (Wildman–Crippen LogP) is 3.90. The van der Waals surface area contributed by atoms with Gasteiger partial charge in [0.15, 0.2) is 5.76 Å². The third-order valence-corrected chi connectivity index (χ3v) is 3.48. The zero-order chi connectivity index (χ0) is 16.3. The highest BCUT2D eigenvalue weighted by molar-refractivity contribution is 7.80. The van der Waals surface area contributed by atoms with Crippen LogP contribution in [0.4, 0.5) is 0 Å². The number of rotatable bonds is 7. The first-order chi connectivity index (χ1) is 10.4. The Labute approximate surface area is 136 Å². The molecule has 0 radical (unpaired) electrons. The zero-order valence-corrected chi connectivity index (χ0v) is 14.3. The van der Waals surface area contributed by atoms with Crippen LogP contribution in [0.1, 0.15) is 38.2 Å². The van der Waals surface area contributed by atoms with Crippen LogP contribution in [-0.4, -0.2) is 23.8 Å². The maximum atomic E-state index is 12.0. The molecule has 0 saturated carbocycles. The minimum absolute atomic E-state index is 0.0130. The molecule has 1 N–H and O–H groups in total. The number of fused-ring (bicyclic) bond motifs is 1. The Balaban J connectivity index is 2.11. The Morgan fingerprint density at radius 3 is 2.64 bits per heavy atom. The van der Waals surface area contributed by atoms with E-state index >= 15 is 0 Å². The smallest absolute Gasteiger partial charge is 0.200 e. The first-order valence-electron chi connectivity index (χ1n) is 7.52. The second kappa shape index (κ2) is 7.20. The van der Waals surface area contributed by atoms with E-state index in [1.807, 2.05) is 45.9 Å². The molecule has 0 amide bonds. The van der Waals surface area contributed by atoms with Crippen molar-refractivity contribution in [1.29, 1.82) is 0 Å². The summed E-state index contributed by atoms with van der Waals surface area (Å²) >= 11 is 4.27. The lowest BCUT2D eigenvalue weighted by Gasteiger charge is -2.16. The molecule has 5 heteroatoms. The Hall–Kier alpha value is -1.46. The normalized spacial score (nSPS) is 14.3. The average Bonchev–Trinajstić information content (AvgIpc) is 2.87. The van der Waals surface area contributed by atoms with E-state index in [4.69, 9.17) is 9.15 Å². The highest BCUT2D eigenvalue weighted by Gasteiger charge is 2.16. The lowest BCUT2D eigenvalue weighted by Crippen LogP contribution is -2.32. The van der Waals surface area contributed by atoms with E-state index in [-0.39, 0.29) is 23.2 Å². The molecule has 0 aliphatic carbocycles. The molecule has 0 aliphatic heterocycles. The second-order valence-electron chi connectivity index (χ2n) is 5.84. The first kappa shape index (κ1) is 16.9. The fraction of sp³-hybridized carbons (Fsp3) is 0.471. The molecule has 2 aromatic rings. The highest BCUT2D eigenvalue weighted by atomic mass is 32.1. The Bertz CT molecular complexity index is 648. The lowest BCUT2D eigenvalue weighted by atomic mass is 10.1. The van der Waals surface area contributed by atoms with E-state index in [0.717, 1.165) is 11.1 Å². The standard InChI is InChI=1S/C17H23NO3S/c1-10(2)17(19)16-8-13-7-14(5-6-15(13)21-16)20-11(3)9-18-12(4)22/h5-8,10-12,18,22H,9H2,1-4H3/t11-,12?/m0/s1. The van der Waals surface area contributed by atoms with Crippen LogP contribution in [0.25, 0.3) is 11.0 Å². The van der Waals surface area contributed by atoms with Crippen LogP contribution in [0.5, 0.6) is 5.75 Å². The molecule has 1 unspecified atom stereocenters. The summed E-state index contributed by atoms with van der Waals surface area (Å²) < 4.78 is 11.5. The summed E-state index contributed by atoms with van der Waals surface area (Å²) in [5, 5.41) is 4.22. The van der Waals surface area contributed by atoms with Crippen molar-refractivity contribution < 1.29 is 13.9 Å². The minimum Gasteiger partial charge on any atom is -0.489 e. The molecule has 1 aromatic carbocycles. The summed E-state index contributed by atoms with van der Waals surface area (Å²) in [5.41, 5.74) is 0.700. The van der Waals surface area contributed by atoms with Crippen molar-refractivity contribution in [3.8, 4) is 5.75 Å². The molecule has 0 aliphatic rings. The van der Waals surface area contributed by atoms with Crippen molar-refractivity contribution in [3.63, 3.8) is 0 Å². The van der Waals surface area contributed by atoms with Crippen molar-refractivity contribution in [2.75, 3.05) is 6.54 Å². The number of carbonyl (C=O) groups excluding carboxylic acids is 1. The Kier molecular flexibility index (Phi) is 5.53. The second-order valence-corrected chi connectivity index (χ2v) is 6.62. The molecular formula is C17H23NO3S. The van der Waals surface area contributed by atoms with Gasteiger partial charge in [-0.2, -0.15) is 12.6 Å². The minimum atomic E-state index is -0.0781. The number of Topliss-reactive ketones (excluding diaryl/α,β-unsaturated/α-hetero) is 1. The lowest BCUT2D eigenvalue weighted by molar-refractivity contribution is 0.0913. The topological polar surface area (TPSA) is 51.5 Å². The van der Waals surface area contributed by atoms with Crippen molar-refractivity contribution in [3.05, 3.63) is 30.0 Å². The number of hydrogen-bond acceptors (Lipinski definition) is 5. The van der Waals surface area contributed by atoms with Gasteiger partial charge in [-0.1, -0.05) is 13.8 Å². The molecule has 0 spiro atoms. The maximum absolute atomic E-state index is 12.0. The molecule has 0 saturated heterocycles. The molecule has 2 atom stereocenters. The summed E-state index contributed by atoms with van der Waals surface area (Å²) in [6.07, 6.45) is 0.0238. The van der Waals surface area contributed by atoms with Gasteiger partial charge in [0.2, 0.25) is 5.78 Å². The molecule has 22 heavy (non-hydrogen) atoms. The highest BCUT2D eigenvalue weighted by Crippen LogP contribution is 2.26. The third kappa shape index (κ3) is 4.27. The monoisotopic (exact) mass is 321 g/mol. The molecule has 0 bridgehead atoms. The van der Waals surface area contributed by atoms with Crippen LogP contribution in [0, 0.1) is 5.92 Å². The average molecular weight is 321 g/mol. The molecule has 120 valence electrons. The number of furan rings is 1. The summed E-state index contributed by atoms with van der Waals surface area (Å²) in [6.45, 7) is 8.41. The fourth-order valence-electron chi connectivity index (χ4n) is 2.11. The van der Waals surface area contributed by atoms with Gasteiger partial charge in [-0.25, -0.2) is 0 Å². The van der Waals surface area contributed by atoms with Gasteiger partial charge in [0.25, 0.3) is 0 Å². The summed E-state index contributed by atoms with van der Waals surface area (Å²) in [4.78, 5) is 12.0. The van der Waals surface area contributed by atoms with E-state index in [1.165, 1.54) is 0 Å². The van der Waals surface area contributed by atoms with E-state index in [9.17, 15) is 4.79 Å². The molecule has 1 aromatic heterocycles. The number of thiol groups is 1. The van der Waals surface area contributed by atoms with Gasteiger partial charge in [0.1, 0.15) is 17.4 Å². The van der Waals surface area contributed by atoms with Crippen LogP contribution in [0.2, 0.25) is 0 Å². The van der Waals surface area contributed by atoms with Crippen molar-refractivity contribution in [2.45, 2.75) is 39.2 Å². The molecule has 1 heterocycles.